The highest BCUT2D eigenvalue weighted by Gasteiger charge is 2.10. The highest BCUT2D eigenvalue weighted by molar-refractivity contribution is 7.97. The molecule has 13 heavy (non-hydrogen) atoms. The van der Waals surface area contributed by atoms with Gasteiger partial charge in [-0.1, -0.05) is 12.1 Å². The van der Waals surface area contributed by atoms with E-state index in [-0.39, 0.29) is 0 Å². The number of hydrogen-bond donors (Lipinski definition) is 0. The standard InChI is InChI=1S/C10H13N2S/c1-11-7-12(8-13-2)10-6-4-3-5-9(10)11/h3-7H,8H2,1-2H3/q+1. The SMILES string of the molecule is CSCn1c[n+](C)c2ccccc21. The first kappa shape index (κ1) is 8.63. The lowest BCUT2D eigenvalue weighted by Gasteiger charge is -1.91. The molecule has 0 aliphatic carbocycles. The van der Waals surface area contributed by atoms with E-state index in [2.05, 4.69) is 53.0 Å². The lowest BCUT2D eigenvalue weighted by atomic mass is 10.3. The number of rotatable bonds is 2. The molecular weight excluding hydrogens is 180 g/mol. The van der Waals surface area contributed by atoms with Crippen LogP contribution in [-0.4, -0.2) is 10.8 Å². The fourth-order valence-electron chi connectivity index (χ4n) is 1.58. The molecule has 0 saturated heterocycles. The molecule has 0 unspecified atom stereocenters. The second-order valence-electron chi connectivity index (χ2n) is 3.10. The number of para-hydroxylation sites is 2. The molecular formula is C10H13N2S+. The van der Waals surface area contributed by atoms with Gasteiger partial charge in [0, 0.05) is 0 Å². The quantitative estimate of drug-likeness (QED) is 0.660. The van der Waals surface area contributed by atoms with Crippen molar-refractivity contribution in [2.45, 2.75) is 5.88 Å². The number of benzene rings is 1. The van der Waals surface area contributed by atoms with Crippen LogP contribution in [0.25, 0.3) is 11.0 Å². The van der Waals surface area contributed by atoms with Gasteiger partial charge in [0.2, 0.25) is 6.33 Å². The van der Waals surface area contributed by atoms with Gasteiger partial charge in [0.15, 0.2) is 11.0 Å². The van der Waals surface area contributed by atoms with Crippen LogP contribution in [-0.2, 0) is 12.9 Å². The van der Waals surface area contributed by atoms with Gasteiger partial charge in [-0.15, -0.1) is 11.8 Å². The Bertz CT molecular complexity index is 420. The summed E-state index contributed by atoms with van der Waals surface area (Å²) in [6, 6.07) is 8.46. The minimum Gasteiger partial charge on any atom is -0.233 e. The van der Waals surface area contributed by atoms with E-state index in [9.17, 15) is 0 Å². The fourth-order valence-corrected chi connectivity index (χ4v) is 2.06. The normalized spacial score (nSPS) is 10.9. The van der Waals surface area contributed by atoms with Crippen molar-refractivity contribution in [2.24, 2.45) is 7.05 Å². The van der Waals surface area contributed by atoms with Gasteiger partial charge in [0.25, 0.3) is 0 Å². The molecule has 0 bridgehead atoms. The molecule has 0 fully saturated rings. The number of imidazole rings is 1. The number of hydrogen-bond acceptors (Lipinski definition) is 1. The van der Waals surface area contributed by atoms with E-state index in [0.717, 1.165) is 5.88 Å². The third-order valence-electron chi connectivity index (χ3n) is 2.15. The largest absolute Gasteiger partial charge is 0.245 e. The topological polar surface area (TPSA) is 8.81 Å². The van der Waals surface area contributed by atoms with Crippen molar-refractivity contribution in [3.63, 3.8) is 0 Å². The average molecular weight is 193 g/mol. The molecule has 0 aliphatic rings. The summed E-state index contributed by atoms with van der Waals surface area (Å²) in [5.74, 6) is 1.02. The summed E-state index contributed by atoms with van der Waals surface area (Å²) >= 11 is 1.83. The number of thioether (sulfide) groups is 1. The number of fused-ring (bicyclic) bond motifs is 1. The van der Waals surface area contributed by atoms with Crippen molar-refractivity contribution < 1.29 is 4.57 Å². The van der Waals surface area contributed by atoms with Crippen molar-refractivity contribution in [2.75, 3.05) is 6.26 Å². The number of nitrogens with zero attached hydrogens (tertiary/aromatic N) is 2. The Morgan fingerprint density at radius 3 is 2.92 bits per heavy atom. The summed E-state index contributed by atoms with van der Waals surface area (Å²) < 4.78 is 4.42. The number of aryl methyl sites for hydroxylation is 1. The zero-order valence-corrected chi connectivity index (χ0v) is 8.71. The van der Waals surface area contributed by atoms with Gasteiger partial charge in [-0.2, -0.15) is 0 Å². The smallest absolute Gasteiger partial charge is 0.233 e. The van der Waals surface area contributed by atoms with E-state index in [1.807, 2.05) is 11.8 Å². The predicted octanol–water partition coefficient (Wildman–Crippen LogP) is 1.79. The first-order valence-corrected chi connectivity index (χ1v) is 5.65. The van der Waals surface area contributed by atoms with E-state index >= 15 is 0 Å². The Hall–Kier alpha value is -0.960. The highest BCUT2D eigenvalue weighted by Crippen LogP contribution is 2.12. The third kappa shape index (κ3) is 1.44. The Kier molecular flexibility index (Phi) is 2.27. The van der Waals surface area contributed by atoms with Crippen LogP contribution in [0.15, 0.2) is 30.6 Å². The van der Waals surface area contributed by atoms with Gasteiger partial charge >= 0.3 is 0 Å². The molecule has 0 atom stereocenters. The predicted molar refractivity (Wildman–Crippen MR) is 56.6 cm³/mol. The molecule has 0 aliphatic heterocycles. The minimum atomic E-state index is 1.02. The molecule has 0 N–H and O–H groups in total. The van der Waals surface area contributed by atoms with Gasteiger partial charge in [-0.05, 0) is 18.4 Å². The molecule has 68 valence electrons. The zero-order valence-electron chi connectivity index (χ0n) is 7.90. The molecule has 1 aromatic heterocycles. The van der Waals surface area contributed by atoms with Crippen molar-refractivity contribution in [3.05, 3.63) is 30.6 Å². The monoisotopic (exact) mass is 193 g/mol. The lowest BCUT2D eigenvalue weighted by Crippen LogP contribution is -2.25. The maximum Gasteiger partial charge on any atom is 0.245 e. The van der Waals surface area contributed by atoms with Gasteiger partial charge in [-0.25, -0.2) is 9.13 Å². The van der Waals surface area contributed by atoms with Crippen LogP contribution in [0.2, 0.25) is 0 Å². The van der Waals surface area contributed by atoms with Crippen LogP contribution >= 0.6 is 11.8 Å². The van der Waals surface area contributed by atoms with Crippen LogP contribution in [0.4, 0.5) is 0 Å². The van der Waals surface area contributed by atoms with E-state index in [0.29, 0.717) is 0 Å². The van der Waals surface area contributed by atoms with Crippen molar-refractivity contribution >= 4 is 22.8 Å². The maximum absolute atomic E-state index is 2.26. The van der Waals surface area contributed by atoms with Crippen LogP contribution in [0, 0.1) is 0 Å². The van der Waals surface area contributed by atoms with E-state index in [4.69, 9.17) is 0 Å². The van der Waals surface area contributed by atoms with Gasteiger partial charge < -0.3 is 0 Å². The van der Waals surface area contributed by atoms with Crippen molar-refractivity contribution in [3.8, 4) is 0 Å². The molecule has 2 nitrogen and oxygen atoms in total. The van der Waals surface area contributed by atoms with Crippen LogP contribution < -0.4 is 4.57 Å². The molecule has 2 aromatic rings. The highest BCUT2D eigenvalue weighted by atomic mass is 32.2. The maximum atomic E-state index is 2.26. The molecule has 0 saturated carbocycles. The van der Waals surface area contributed by atoms with E-state index in [1.165, 1.54) is 11.0 Å². The molecule has 2 rings (SSSR count). The van der Waals surface area contributed by atoms with Gasteiger partial charge in [0.1, 0.15) is 5.88 Å². The van der Waals surface area contributed by atoms with Crippen molar-refractivity contribution in [1.82, 2.24) is 4.57 Å². The average Bonchev–Trinajstić information content (AvgIpc) is 2.46. The summed E-state index contributed by atoms with van der Waals surface area (Å²) in [5.41, 5.74) is 2.59. The zero-order chi connectivity index (χ0) is 9.26. The summed E-state index contributed by atoms with van der Waals surface area (Å²) in [4.78, 5) is 0. The van der Waals surface area contributed by atoms with Gasteiger partial charge in [0.05, 0.1) is 7.05 Å². The van der Waals surface area contributed by atoms with Crippen LogP contribution in [0.3, 0.4) is 0 Å². The summed E-state index contributed by atoms with van der Waals surface area (Å²) in [7, 11) is 2.08. The summed E-state index contributed by atoms with van der Waals surface area (Å²) in [5, 5.41) is 0. The first-order valence-electron chi connectivity index (χ1n) is 4.25. The Labute approximate surface area is 82.2 Å². The first-order chi connectivity index (χ1) is 6.33. The van der Waals surface area contributed by atoms with Crippen LogP contribution in [0.5, 0.6) is 0 Å². The summed E-state index contributed by atoms with van der Waals surface area (Å²) in [6.07, 6.45) is 4.26. The fraction of sp³-hybridized carbons (Fsp3) is 0.300. The van der Waals surface area contributed by atoms with E-state index < -0.39 is 0 Å². The second kappa shape index (κ2) is 3.42. The number of aromatic nitrogens is 2. The Morgan fingerprint density at radius 2 is 2.15 bits per heavy atom. The molecule has 0 amide bonds. The molecule has 1 heterocycles. The lowest BCUT2D eigenvalue weighted by molar-refractivity contribution is -0.645. The summed E-state index contributed by atoms with van der Waals surface area (Å²) in [6.45, 7) is 0. The Morgan fingerprint density at radius 1 is 1.38 bits per heavy atom. The minimum absolute atomic E-state index is 1.02. The molecule has 3 heteroatoms. The Balaban J connectivity index is 2.63. The molecule has 0 radical (unpaired) electrons. The third-order valence-corrected chi connectivity index (χ3v) is 2.69. The van der Waals surface area contributed by atoms with Gasteiger partial charge in [-0.3, -0.25) is 0 Å². The molecule has 0 spiro atoms. The van der Waals surface area contributed by atoms with E-state index in [1.54, 1.807) is 0 Å². The van der Waals surface area contributed by atoms with Crippen LogP contribution in [0.1, 0.15) is 0 Å². The van der Waals surface area contributed by atoms with Crippen molar-refractivity contribution in [1.29, 1.82) is 0 Å². The molecule has 1 aromatic carbocycles. The second-order valence-corrected chi connectivity index (χ2v) is 3.94.